The van der Waals surface area contributed by atoms with Crippen LogP contribution in [0.2, 0.25) is 5.02 Å². The van der Waals surface area contributed by atoms with Crippen LogP contribution in [0, 0.1) is 6.92 Å². The molecule has 6 nitrogen and oxygen atoms in total. The number of oxazole rings is 1. The molecule has 0 unspecified atom stereocenters. The molecule has 1 aromatic carbocycles. The van der Waals surface area contributed by atoms with Gasteiger partial charge in [0.15, 0.2) is 11.7 Å². The molecule has 27 heavy (non-hydrogen) atoms. The summed E-state index contributed by atoms with van der Waals surface area (Å²) in [7, 11) is 0. The molecule has 1 N–H and O–H groups in total. The molecule has 0 bridgehead atoms. The smallest absolute Gasteiger partial charge is 0.197 e. The fourth-order valence-corrected chi connectivity index (χ4v) is 4.55. The lowest BCUT2D eigenvalue weighted by Gasteiger charge is -2.26. The van der Waals surface area contributed by atoms with Crippen molar-refractivity contribution in [1.29, 1.82) is 0 Å². The van der Waals surface area contributed by atoms with Gasteiger partial charge < -0.3 is 9.73 Å². The van der Waals surface area contributed by atoms with Gasteiger partial charge in [-0.1, -0.05) is 11.6 Å². The van der Waals surface area contributed by atoms with Gasteiger partial charge in [0.25, 0.3) is 0 Å². The Bertz CT molecular complexity index is 971. The third-order valence-electron chi connectivity index (χ3n) is 5.71. The van der Waals surface area contributed by atoms with Gasteiger partial charge in [-0.05, 0) is 56.4 Å². The largest absolute Gasteiger partial charge is 0.448 e. The zero-order valence-corrected chi connectivity index (χ0v) is 16.0. The van der Waals surface area contributed by atoms with E-state index in [0.29, 0.717) is 18.4 Å². The van der Waals surface area contributed by atoms with Crippen molar-refractivity contribution in [3.8, 4) is 5.69 Å². The molecule has 3 aromatic rings. The second-order valence-electron chi connectivity index (χ2n) is 7.56. The van der Waals surface area contributed by atoms with Crippen LogP contribution < -0.4 is 5.32 Å². The number of hydrogen-bond acceptors (Lipinski definition) is 5. The Balaban J connectivity index is 1.43. The van der Waals surface area contributed by atoms with E-state index in [0.717, 1.165) is 66.2 Å². The maximum absolute atomic E-state index is 6.21. The van der Waals surface area contributed by atoms with E-state index < -0.39 is 0 Å². The molecule has 1 aliphatic heterocycles. The first kappa shape index (κ1) is 17.0. The zero-order chi connectivity index (χ0) is 18.4. The predicted molar refractivity (Wildman–Crippen MR) is 102 cm³/mol. The van der Waals surface area contributed by atoms with E-state index in [2.05, 4.69) is 31.1 Å². The Hall–Kier alpha value is -2.18. The third kappa shape index (κ3) is 3.07. The minimum Gasteiger partial charge on any atom is -0.448 e. The summed E-state index contributed by atoms with van der Waals surface area (Å²) in [5.74, 6) is 3.74. The van der Waals surface area contributed by atoms with Crippen LogP contribution in [-0.2, 0) is 13.1 Å². The SMILES string of the molecule is Cc1coc(C2CCC(c3nnc4n3-c3ccc(Cl)cc3CNC4)CC2)n1. The Morgan fingerprint density at radius 1 is 1.11 bits per heavy atom. The monoisotopic (exact) mass is 383 g/mol. The standard InChI is InChI=1S/C20H22ClN5O/c1-12-11-27-20(23-12)14-4-2-13(3-5-14)19-25-24-18-10-22-9-15-8-16(21)6-7-17(15)26(18)19/h6-8,11,13-14,22H,2-5,9-10H2,1H3. The number of aryl methyl sites for hydroxylation is 1. The maximum Gasteiger partial charge on any atom is 0.197 e. The Kier molecular flexibility index (Phi) is 4.25. The molecule has 0 saturated heterocycles. The molecule has 0 atom stereocenters. The van der Waals surface area contributed by atoms with Gasteiger partial charge in [-0.3, -0.25) is 4.57 Å². The van der Waals surface area contributed by atoms with Gasteiger partial charge in [0, 0.05) is 23.4 Å². The summed E-state index contributed by atoms with van der Waals surface area (Å²) in [5.41, 5.74) is 3.29. The minimum atomic E-state index is 0.403. The van der Waals surface area contributed by atoms with Gasteiger partial charge in [-0.25, -0.2) is 4.98 Å². The predicted octanol–water partition coefficient (Wildman–Crippen LogP) is 4.26. The van der Waals surface area contributed by atoms with Gasteiger partial charge in [0.2, 0.25) is 0 Å². The lowest BCUT2D eigenvalue weighted by atomic mass is 9.81. The molecule has 1 saturated carbocycles. The molecular formula is C20H22ClN5O. The summed E-state index contributed by atoms with van der Waals surface area (Å²) in [5, 5.41) is 13.3. The maximum atomic E-state index is 6.21. The Labute approximate surface area is 163 Å². The van der Waals surface area contributed by atoms with Crippen LogP contribution in [-0.4, -0.2) is 19.7 Å². The van der Waals surface area contributed by atoms with E-state index >= 15 is 0 Å². The molecule has 2 aliphatic rings. The van der Waals surface area contributed by atoms with E-state index in [1.165, 1.54) is 5.56 Å². The molecule has 0 amide bonds. The molecule has 0 spiro atoms. The van der Waals surface area contributed by atoms with Gasteiger partial charge in [-0.15, -0.1) is 10.2 Å². The number of aromatic nitrogens is 4. The number of benzene rings is 1. The Morgan fingerprint density at radius 2 is 1.93 bits per heavy atom. The highest BCUT2D eigenvalue weighted by Gasteiger charge is 2.31. The topological polar surface area (TPSA) is 68.8 Å². The van der Waals surface area contributed by atoms with Crippen molar-refractivity contribution in [2.45, 2.75) is 57.5 Å². The fourth-order valence-electron chi connectivity index (χ4n) is 4.35. The van der Waals surface area contributed by atoms with Crippen molar-refractivity contribution in [2.75, 3.05) is 0 Å². The fraction of sp³-hybridized carbons (Fsp3) is 0.450. The van der Waals surface area contributed by atoms with Gasteiger partial charge in [0.05, 0.1) is 17.9 Å². The van der Waals surface area contributed by atoms with Gasteiger partial charge in [-0.2, -0.15) is 0 Å². The molecule has 1 aliphatic carbocycles. The molecule has 140 valence electrons. The summed E-state index contributed by atoms with van der Waals surface area (Å²) in [6.07, 6.45) is 6.02. The van der Waals surface area contributed by atoms with E-state index in [-0.39, 0.29) is 0 Å². The minimum absolute atomic E-state index is 0.403. The van der Waals surface area contributed by atoms with E-state index in [1.54, 1.807) is 6.26 Å². The number of halogens is 1. The van der Waals surface area contributed by atoms with Crippen LogP contribution >= 0.6 is 11.6 Å². The van der Waals surface area contributed by atoms with Crippen molar-refractivity contribution < 1.29 is 4.42 Å². The Morgan fingerprint density at radius 3 is 2.70 bits per heavy atom. The van der Waals surface area contributed by atoms with Crippen LogP contribution in [0.4, 0.5) is 0 Å². The van der Waals surface area contributed by atoms with Crippen LogP contribution in [0.25, 0.3) is 5.69 Å². The number of nitrogens with one attached hydrogen (secondary N) is 1. The summed E-state index contributed by atoms with van der Waals surface area (Å²) in [6, 6.07) is 6.06. The highest BCUT2D eigenvalue weighted by atomic mass is 35.5. The highest BCUT2D eigenvalue weighted by molar-refractivity contribution is 6.30. The van der Waals surface area contributed by atoms with Crippen molar-refractivity contribution in [3.63, 3.8) is 0 Å². The van der Waals surface area contributed by atoms with Crippen LogP contribution in [0.5, 0.6) is 0 Å². The first-order valence-electron chi connectivity index (χ1n) is 9.55. The summed E-state index contributed by atoms with van der Waals surface area (Å²) >= 11 is 6.21. The van der Waals surface area contributed by atoms with Crippen LogP contribution in [0.1, 0.15) is 66.3 Å². The van der Waals surface area contributed by atoms with Crippen LogP contribution in [0.15, 0.2) is 28.9 Å². The average molecular weight is 384 g/mol. The molecular weight excluding hydrogens is 362 g/mol. The molecule has 5 rings (SSSR count). The van der Waals surface area contributed by atoms with Crippen molar-refractivity contribution in [3.05, 3.63) is 58.3 Å². The second kappa shape index (κ2) is 6.77. The number of hydrogen-bond donors (Lipinski definition) is 1. The number of fused-ring (bicyclic) bond motifs is 3. The first-order valence-corrected chi connectivity index (χ1v) is 9.92. The quantitative estimate of drug-likeness (QED) is 0.716. The van der Waals surface area contributed by atoms with E-state index in [9.17, 15) is 0 Å². The van der Waals surface area contributed by atoms with Gasteiger partial charge >= 0.3 is 0 Å². The molecule has 3 heterocycles. The van der Waals surface area contributed by atoms with Crippen molar-refractivity contribution >= 4 is 11.6 Å². The zero-order valence-electron chi connectivity index (χ0n) is 15.3. The lowest BCUT2D eigenvalue weighted by molar-refractivity contribution is 0.331. The summed E-state index contributed by atoms with van der Waals surface area (Å²) in [4.78, 5) is 4.52. The van der Waals surface area contributed by atoms with Crippen molar-refractivity contribution in [1.82, 2.24) is 25.1 Å². The second-order valence-corrected chi connectivity index (χ2v) is 8.00. The number of nitrogens with zero attached hydrogens (tertiary/aromatic N) is 4. The average Bonchev–Trinajstić information content (AvgIpc) is 3.25. The third-order valence-corrected chi connectivity index (χ3v) is 5.95. The number of rotatable bonds is 2. The van der Waals surface area contributed by atoms with E-state index in [4.69, 9.17) is 16.0 Å². The molecule has 7 heteroatoms. The first-order chi connectivity index (χ1) is 13.2. The van der Waals surface area contributed by atoms with Crippen LogP contribution in [0.3, 0.4) is 0 Å². The van der Waals surface area contributed by atoms with E-state index in [1.807, 2.05) is 19.1 Å². The summed E-state index contributed by atoms with van der Waals surface area (Å²) < 4.78 is 7.87. The molecule has 2 aromatic heterocycles. The van der Waals surface area contributed by atoms with Gasteiger partial charge in [0.1, 0.15) is 12.1 Å². The lowest BCUT2D eigenvalue weighted by Crippen LogP contribution is -2.17. The highest BCUT2D eigenvalue weighted by Crippen LogP contribution is 2.40. The molecule has 0 radical (unpaired) electrons. The molecule has 1 fully saturated rings. The summed E-state index contributed by atoms with van der Waals surface area (Å²) in [6.45, 7) is 3.47. The normalized spacial score (nSPS) is 22.1. The van der Waals surface area contributed by atoms with Crippen molar-refractivity contribution in [2.24, 2.45) is 0 Å².